The van der Waals surface area contributed by atoms with Gasteiger partial charge in [0.1, 0.15) is 23.2 Å². The molecule has 4 rings (SSSR count). The molecule has 0 saturated carbocycles. The van der Waals surface area contributed by atoms with Crippen LogP contribution in [0.15, 0.2) is 29.6 Å². The number of halogens is 1. The molecule has 2 aromatic heterocycles. The Bertz CT molecular complexity index is 1190. The Balaban J connectivity index is 1.35. The minimum atomic E-state index is -2.96. The maximum atomic E-state index is 13.0. The van der Waals surface area contributed by atoms with Gasteiger partial charge in [-0.15, -0.1) is 11.3 Å². The molecule has 0 bridgehead atoms. The van der Waals surface area contributed by atoms with Crippen molar-refractivity contribution in [1.29, 1.82) is 0 Å². The Kier molecular flexibility index (Phi) is 6.64. The summed E-state index contributed by atoms with van der Waals surface area (Å²) in [5.74, 6) is 0.730. The molecule has 1 aliphatic rings. The van der Waals surface area contributed by atoms with Crippen LogP contribution in [-0.4, -0.2) is 46.6 Å². The zero-order valence-electron chi connectivity index (χ0n) is 18.4. The zero-order chi connectivity index (χ0) is 22.9. The molecule has 1 saturated heterocycles. The van der Waals surface area contributed by atoms with Gasteiger partial charge in [0.15, 0.2) is 9.84 Å². The van der Waals surface area contributed by atoms with Crippen LogP contribution < -0.4 is 4.74 Å². The van der Waals surface area contributed by atoms with E-state index in [-0.39, 0.29) is 23.4 Å². The van der Waals surface area contributed by atoms with Crippen molar-refractivity contribution in [3.63, 3.8) is 0 Å². The van der Waals surface area contributed by atoms with Crippen LogP contribution in [-0.2, 0) is 29.5 Å². The van der Waals surface area contributed by atoms with Gasteiger partial charge < -0.3 is 4.74 Å². The lowest BCUT2D eigenvalue weighted by molar-refractivity contribution is 0.300. The molecule has 7 nitrogen and oxygen atoms in total. The van der Waals surface area contributed by atoms with E-state index < -0.39 is 9.84 Å². The highest BCUT2D eigenvalue weighted by Gasteiger charge is 2.31. The summed E-state index contributed by atoms with van der Waals surface area (Å²) in [6.45, 7) is 5.71. The fraction of sp³-hybridized carbons (Fsp3) is 0.455. The standard InChI is InChI=1S/C22H27FN4O3S2/c1-15-21(16(2)27(25-15)19-8-9-32(28,29)14-19)11-26(3)10-18-13-31-22(24-18)12-30-20-6-4-17(23)5-7-20/h4-7,13,19H,8-12,14H2,1-3H3/t19-/m0/s1. The van der Waals surface area contributed by atoms with E-state index in [4.69, 9.17) is 4.74 Å². The van der Waals surface area contributed by atoms with E-state index in [1.54, 1.807) is 12.1 Å². The average molecular weight is 479 g/mol. The van der Waals surface area contributed by atoms with Crippen molar-refractivity contribution in [2.75, 3.05) is 18.6 Å². The molecule has 32 heavy (non-hydrogen) atoms. The number of sulfone groups is 1. The fourth-order valence-corrected chi connectivity index (χ4v) is 6.40. The van der Waals surface area contributed by atoms with Crippen molar-refractivity contribution in [1.82, 2.24) is 19.7 Å². The smallest absolute Gasteiger partial charge is 0.152 e. The Morgan fingerprint density at radius 3 is 2.69 bits per heavy atom. The van der Waals surface area contributed by atoms with Gasteiger partial charge >= 0.3 is 0 Å². The maximum absolute atomic E-state index is 13.0. The number of hydrogen-bond acceptors (Lipinski definition) is 7. The molecule has 0 aliphatic carbocycles. The molecule has 0 amide bonds. The monoisotopic (exact) mass is 478 g/mol. The Morgan fingerprint density at radius 1 is 1.25 bits per heavy atom. The highest BCUT2D eigenvalue weighted by Crippen LogP contribution is 2.27. The highest BCUT2D eigenvalue weighted by molar-refractivity contribution is 7.91. The van der Waals surface area contributed by atoms with Gasteiger partial charge in [-0.25, -0.2) is 17.8 Å². The number of aromatic nitrogens is 3. The van der Waals surface area contributed by atoms with Gasteiger partial charge in [-0.3, -0.25) is 9.58 Å². The first-order valence-corrected chi connectivity index (χ1v) is 13.2. The molecule has 1 atom stereocenters. The number of hydrogen-bond donors (Lipinski definition) is 0. The van der Waals surface area contributed by atoms with Crippen LogP contribution in [0, 0.1) is 19.7 Å². The van der Waals surface area contributed by atoms with Crippen molar-refractivity contribution in [3.05, 3.63) is 63.1 Å². The van der Waals surface area contributed by atoms with Gasteiger partial charge in [0, 0.05) is 29.7 Å². The summed E-state index contributed by atoms with van der Waals surface area (Å²) in [5, 5.41) is 7.53. The molecule has 0 spiro atoms. The zero-order valence-corrected chi connectivity index (χ0v) is 20.0. The van der Waals surface area contributed by atoms with Crippen molar-refractivity contribution in [3.8, 4) is 5.75 Å². The first kappa shape index (κ1) is 22.9. The number of ether oxygens (including phenoxy) is 1. The minimum Gasteiger partial charge on any atom is -0.486 e. The average Bonchev–Trinajstić information content (AvgIpc) is 3.41. The van der Waals surface area contributed by atoms with Crippen LogP contribution in [0.1, 0.15) is 40.1 Å². The van der Waals surface area contributed by atoms with E-state index in [0.717, 1.165) is 27.7 Å². The van der Waals surface area contributed by atoms with Crippen LogP contribution in [0.5, 0.6) is 5.75 Å². The molecule has 0 unspecified atom stereocenters. The summed E-state index contributed by atoms with van der Waals surface area (Å²) in [4.78, 5) is 6.82. The Labute approximate surface area is 191 Å². The van der Waals surface area contributed by atoms with Crippen molar-refractivity contribution >= 4 is 21.2 Å². The van der Waals surface area contributed by atoms with Crippen LogP contribution in [0.2, 0.25) is 0 Å². The Morgan fingerprint density at radius 2 is 2.00 bits per heavy atom. The third-order valence-electron chi connectivity index (χ3n) is 5.66. The minimum absolute atomic E-state index is 0.0695. The predicted octanol–water partition coefficient (Wildman–Crippen LogP) is 3.67. The quantitative estimate of drug-likeness (QED) is 0.492. The van der Waals surface area contributed by atoms with E-state index in [1.165, 1.54) is 23.5 Å². The highest BCUT2D eigenvalue weighted by atomic mass is 32.2. The summed E-state index contributed by atoms with van der Waals surface area (Å²) < 4.78 is 44.3. The second-order valence-corrected chi connectivity index (χ2v) is 11.5. The van der Waals surface area contributed by atoms with E-state index in [9.17, 15) is 12.8 Å². The van der Waals surface area contributed by atoms with E-state index >= 15 is 0 Å². The molecule has 10 heteroatoms. The van der Waals surface area contributed by atoms with Crippen molar-refractivity contribution < 1.29 is 17.5 Å². The molecule has 1 fully saturated rings. The van der Waals surface area contributed by atoms with E-state index in [0.29, 0.717) is 31.9 Å². The van der Waals surface area contributed by atoms with Crippen LogP contribution in [0.3, 0.4) is 0 Å². The summed E-state index contributed by atoms with van der Waals surface area (Å²) in [6.07, 6.45) is 0.626. The largest absolute Gasteiger partial charge is 0.486 e. The lowest BCUT2D eigenvalue weighted by Gasteiger charge is -2.16. The van der Waals surface area contributed by atoms with Crippen LogP contribution >= 0.6 is 11.3 Å². The molecule has 3 aromatic rings. The topological polar surface area (TPSA) is 77.3 Å². The molecule has 0 radical (unpaired) electrons. The summed E-state index contributed by atoms with van der Waals surface area (Å²) in [6, 6.07) is 5.87. The molecule has 3 heterocycles. The molecule has 0 N–H and O–H groups in total. The third kappa shape index (κ3) is 5.36. The lowest BCUT2D eigenvalue weighted by Crippen LogP contribution is -2.19. The van der Waals surface area contributed by atoms with Crippen LogP contribution in [0.25, 0.3) is 0 Å². The first-order valence-electron chi connectivity index (χ1n) is 10.5. The van der Waals surface area contributed by atoms with E-state index in [2.05, 4.69) is 15.0 Å². The van der Waals surface area contributed by atoms with Gasteiger partial charge in [-0.1, -0.05) is 0 Å². The maximum Gasteiger partial charge on any atom is 0.152 e. The fourth-order valence-electron chi connectivity index (χ4n) is 4.02. The molecule has 1 aliphatic heterocycles. The summed E-state index contributed by atoms with van der Waals surface area (Å²) >= 11 is 1.54. The predicted molar refractivity (Wildman–Crippen MR) is 122 cm³/mol. The van der Waals surface area contributed by atoms with E-state index in [1.807, 2.05) is 31.0 Å². The normalized spacial score (nSPS) is 17.8. The third-order valence-corrected chi connectivity index (χ3v) is 8.29. The number of thiazole rings is 1. The number of aryl methyl sites for hydroxylation is 1. The summed E-state index contributed by atoms with van der Waals surface area (Å²) in [7, 11) is -0.923. The molecule has 172 valence electrons. The van der Waals surface area contributed by atoms with Gasteiger partial charge in [0.25, 0.3) is 0 Å². The summed E-state index contributed by atoms with van der Waals surface area (Å²) in [5.41, 5.74) is 4.06. The Hall–Kier alpha value is -2.30. The van der Waals surface area contributed by atoms with Crippen molar-refractivity contribution in [2.24, 2.45) is 0 Å². The lowest BCUT2D eigenvalue weighted by atomic mass is 10.1. The number of rotatable bonds is 8. The van der Waals surface area contributed by atoms with Gasteiger partial charge in [-0.05, 0) is 51.6 Å². The number of benzene rings is 1. The second kappa shape index (κ2) is 9.29. The molecule has 1 aromatic carbocycles. The SMILES string of the molecule is Cc1nn([C@H]2CCS(=O)(=O)C2)c(C)c1CN(C)Cc1csc(COc2ccc(F)cc2)n1. The molecular weight excluding hydrogens is 451 g/mol. The second-order valence-electron chi connectivity index (χ2n) is 8.30. The van der Waals surface area contributed by atoms with Crippen LogP contribution in [0.4, 0.5) is 4.39 Å². The van der Waals surface area contributed by atoms with Gasteiger partial charge in [-0.2, -0.15) is 5.10 Å². The molecular formula is C22H27FN4O3S2. The first-order chi connectivity index (χ1) is 15.2. The van der Waals surface area contributed by atoms with Gasteiger partial charge in [0.05, 0.1) is 28.9 Å². The van der Waals surface area contributed by atoms with Gasteiger partial charge in [0.2, 0.25) is 0 Å². The number of nitrogens with zero attached hydrogens (tertiary/aromatic N) is 4. The van der Waals surface area contributed by atoms with Crippen molar-refractivity contribution in [2.45, 2.75) is 46.0 Å².